The number of aryl methyl sites for hydroxylation is 2. The van der Waals surface area contributed by atoms with E-state index in [1.807, 2.05) is 31.2 Å². The van der Waals surface area contributed by atoms with Crippen LogP contribution in [-0.2, 0) is 20.7 Å². The van der Waals surface area contributed by atoms with Crippen LogP contribution in [-0.4, -0.2) is 28.0 Å². The van der Waals surface area contributed by atoms with E-state index in [0.717, 1.165) is 16.8 Å². The summed E-state index contributed by atoms with van der Waals surface area (Å²) in [6.45, 7) is 1.95. The first-order chi connectivity index (χ1) is 14.8. The fourth-order valence-electron chi connectivity index (χ4n) is 3.15. The summed E-state index contributed by atoms with van der Waals surface area (Å²) in [5.41, 5.74) is 3.22. The molecule has 0 N–H and O–H groups in total. The molecule has 3 aromatic rings. The van der Waals surface area contributed by atoms with Crippen LogP contribution in [0.5, 0.6) is 0 Å². The molecule has 162 valence electrons. The van der Waals surface area contributed by atoms with E-state index in [1.54, 1.807) is 48.3 Å². The average molecular weight is 458 g/mol. The molecule has 0 unspecified atom stereocenters. The van der Waals surface area contributed by atoms with Crippen molar-refractivity contribution in [3.05, 3.63) is 94.5 Å². The number of carbonyl (C=O) groups is 1. The predicted molar refractivity (Wildman–Crippen MR) is 123 cm³/mol. The van der Waals surface area contributed by atoms with Crippen molar-refractivity contribution in [1.29, 1.82) is 0 Å². The largest absolute Gasteiger partial charge is 0.311 e. The van der Waals surface area contributed by atoms with Crippen LogP contribution in [0.1, 0.15) is 27.9 Å². The van der Waals surface area contributed by atoms with Gasteiger partial charge < -0.3 is 4.90 Å². The first kappa shape index (κ1) is 23.0. The van der Waals surface area contributed by atoms with Crippen molar-refractivity contribution in [3.63, 3.8) is 0 Å². The van der Waals surface area contributed by atoms with Crippen LogP contribution in [0.25, 0.3) is 0 Å². The van der Waals surface area contributed by atoms with Crippen molar-refractivity contribution in [2.75, 3.05) is 18.6 Å². The minimum Gasteiger partial charge on any atom is -0.311 e. The van der Waals surface area contributed by atoms with E-state index in [4.69, 9.17) is 15.8 Å². The number of carbonyl (C=O) groups excluding carboxylic acids is 1. The Labute approximate surface area is 188 Å². The SMILES string of the molecule is Cc1ccc(S(=O)(=O)OCCCc2ccccc2N(C)C(=O)c2ccc(Cl)cc2)cc1. The number of benzene rings is 3. The first-order valence-electron chi connectivity index (χ1n) is 9.85. The third-order valence-corrected chi connectivity index (χ3v) is 6.47. The maximum absolute atomic E-state index is 12.8. The van der Waals surface area contributed by atoms with E-state index < -0.39 is 10.1 Å². The Bertz CT molecular complexity index is 1140. The molecular weight excluding hydrogens is 434 g/mol. The number of hydrogen-bond donors (Lipinski definition) is 0. The van der Waals surface area contributed by atoms with E-state index in [1.165, 1.54) is 12.1 Å². The molecule has 31 heavy (non-hydrogen) atoms. The Morgan fingerprint density at radius 2 is 1.61 bits per heavy atom. The highest BCUT2D eigenvalue weighted by molar-refractivity contribution is 7.86. The third kappa shape index (κ3) is 5.94. The van der Waals surface area contributed by atoms with Gasteiger partial charge in [0.15, 0.2) is 0 Å². The number of anilines is 1. The van der Waals surface area contributed by atoms with Crippen LogP contribution in [0.4, 0.5) is 5.69 Å². The highest BCUT2D eigenvalue weighted by Gasteiger charge is 2.17. The number of para-hydroxylation sites is 1. The highest BCUT2D eigenvalue weighted by Crippen LogP contribution is 2.23. The van der Waals surface area contributed by atoms with Crippen LogP contribution in [0.2, 0.25) is 5.02 Å². The van der Waals surface area contributed by atoms with Crippen LogP contribution in [0.15, 0.2) is 77.7 Å². The fourth-order valence-corrected chi connectivity index (χ4v) is 4.22. The van der Waals surface area contributed by atoms with Crippen molar-refractivity contribution in [3.8, 4) is 0 Å². The molecule has 3 rings (SSSR count). The van der Waals surface area contributed by atoms with E-state index in [9.17, 15) is 13.2 Å². The fraction of sp³-hybridized carbons (Fsp3) is 0.208. The smallest absolute Gasteiger partial charge is 0.296 e. The molecule has 0 aliphatic carbocycles. The number of rotatable bonds is 8. The summed E-state index contributed by atoms with van der Waals surface area (Å²) in [6.07, 6.45) is 1.06. The Morgan fingerprint density at radius 1 is 0.968 bits per heavy atom. The molecule has 0 bridgehead atoms. The highest BCUT2D eigenvalue weighted by atomic mass is 35.5. The van der Waals surface area contributed by atoms with E-state index >= 15 is 0 Å². The maximum atomic E-state index is 12.8. The van der Waals surface area contributed by atoms with Gasteiger partial charge in [-0.2, -0.15) is 8.42 Å². The Morgan fingerprint density at radius 3 is 2.29 bits per heavy atom. The second-order valence-corrected chi connectivity index (χ2v) is 9.24. The lowest BCUT2D eigenvalue weighted by molar-refractivity contribution is 0.0993. The van der Waals surface area contributed by atoms with Crippen molar-refractivity contribution in [1.82, 2.24) is 0 Å². The zero-order chi connectivity index (χ0) is 22.4. The molecule has 0 spiro atoms. The summed E-state index contributed by atoms with van der Waals surface area (Å²) in [5, 5.41) is 0.570. The van der Waals surface area contributed by atoms with Gasteiger partial charge in [0.25, 0.3) is 16.0 Å². The average Bonchev–Trinajstić information content (AvgIpc) is 2.77. The Kier molecular flexibility index (Phi) is 7.49. The maximum Gasteiger partial charge on any atom is 0.296 e. The molecule has 0 heterocycles. The summed E-state index contributed by atoms with van der Waals surface area (Å²) < 4.78 is 29.8. The number of halogens is 1. The van der Waals surface area contributed by atoms with E-state index in [0.29, 0.717) is 23.4 Å². The molecule has 0 aliphatic heterocycles. The van der Waals surface area contributed by atoms with Gasteiger partial charge in [-0.25, -0.2) is 0 Å². The lowest BCUT2D eigenvalue weighted by atomic mass is 10.1. The van der Waals surface area contributed by atoms with Crippen molar-refractivity contribution in [2.24, 2.45) is 0 Å². The molecule has 0 aliphatic rings. The van der Waals surface area contributed by atoms with Crippen LogP contribution >= 0.6 is 11.6 Å². The lowest BCUT2D eigenvalue weighted by Gasteiger charge is -2.21. The predicted octanol–water partition coefficient (Wildman–Crippen LogP) is 5.26. The van der Waals surface area contributed by atoms with Gasteiger partial charge >= 0.3 is 0 Å². The minimum atomic E-state index is -3.79. The molecule has 0 fully saturated rings. The number of nitrogens with zero attached hydrogens (tertiary/aromatic N) is 1. The van der Waals surface area contributed by atoms with Gasteiger partial charge in [0.2, 0.25) is 0 Å². The zero-order valence-electron chi connectivity index (χ0n) is 17.4. The van der Waals surface area contributed by atoms with Gasteiger partial charge in [-0.05, 0) is 67.8 Å². The van der Waals surface area contributed by atoms with Gasteiger partial charge in [0.05, 0.1) is 11.5 Å². The Hall–Kier alpha value is -2.67. The summed E-state index contributed by atoms with van der Waals surface area (Å²) >= 11 is 5.91. The second-order valence-electron chi connectivity index (χ2n) is 7.19. The van der Waals surface area contributed by atoms with Crippen LogP contribution in [0.3, 0.4) is 0 Å². The summed E-state index contributed by atoms with van der Waals surface area (Å²) in [6, 6.07) is 20.8. The van der Waals surface area contributed by atoms with Crippen LogP contribution in [0, 0.1) is 6.92 Å². The quantitative estimate of drug-likeness (QED) is 0.341. The molecule has 0 atom stereocenters. The topological polar surface area (TPSA) is 63.7 Å². The van der Waals surface area contributed by atoms with Gasteiger partial charge in [-0.15, -0.1) is 0 Å². The summed E-state index contributed by atoms with van der Waals surface area (Å²) in [4.78, 5) is 14.6. The van der Waals surface area contributed by atoms with Crippen molar-refractivity contribution < 1.29 is 17.4 Å². The zero-order valence-corrected chi connectivity index (χ0v) is 19.0. The minimum absolute atomic E-state index is 0.0549. The molecule has 7 heteroatoms. The van der Waals surface area contributed by atoms with Gasteiger partial charge in [0, 0.05) is 23.3 Å². The summed E-state index contributed by atoms with van der Waals surface area (Å²) in [7, 11) is -2.07. The monoisotopic (exact) mass is 457 g/mol. The molecule has 1 amide bonds. The molecular formula is C24H24ClNO4S. The third-order valence-electron chi connectivity index (χ3n) is 4.89. The normalized spacial score (nSPS) is 11.3. The lowest BCUT2D eigenvalue weighted by Crippen LogP contribution is -2.27. The van der Waals surface area contributed by atoms with Gasteiger partial charge in [-0.3, -0.25) is 8.98 Å². The molecule has 3 aromatic carbocycles. The number of hydrogen-bond acceptors (Lipinski definition) is 4. The Balaban J connectivity index is 1.63. The number of amides is 1. The van der Waals surface area contributed by atoms with Gasteiger partial charge in [-0.1, -0.05) is 47.5 Å². The molecule has 0 saturated carbocycles. The summed E-state index contributed by atoms with van der Waals surface area (Å²) in [5.74, 6) is -0.151. The van der Waals surface area contributed by atoms with Gasteiger partial charge in [0.1, 0.15) is 0 Å². The molecule has 0 saturated heterocycles. The molecule has 5 nitrogen and oxygen atoms in total. The van der Waals surface area contributed by atoms with Crippen LogP contribution < -0.4 is 4.90 Å². The van der Waals surface area contributed by atoms with E-state index in [-0.39, 0.29) is 17.4 Å². The standard InChI is InChI=1S/C24H24ClNO4S/c1-18-9-15-22(16-10-18)31(28,29)30-17-5-7-19-6-3-4-8-23(19)26(2)24(27)20-11-13-21(25)14-12-20/h3-4,6,8-16H,5,7,17H2,1-2H3. The first-order valence-corrected chi connectivity index (χ1v) is 11.6. The molecule has 0 aromatic heterocycles. The molecule has 0 radical (unpaired) electrons. The van der Waals surface area contributed by atoms with E-state index in [2.05, 4.69) is 0 Å². The van der Waals surface area contributed by atoms with Crippen molar-refractivity contribution >= 4 is 33.3 Å². The second kappa shape index (κ2) is 10.1. The van der Waals surface area contributed by atoms with Crippen molar-refractivity contribution in [2.45, 2.75) is 24.7 Å².